The fourth-order valence-corrected chi connectivity index (χ4v) is 4.60. The number of rotatable bonds is 6. The number of hydrogen-bond acceptors (Lipinski definition) is 4. The van der Waals surface area contributed by atoms with Crippen LogP contribution in [0.25, 0.3) is 17.1 Å². The van der Waals surface area contributed by atoms with Gasteiger partial charge in [0.15, 0.2) is 11.0 Å². The molecule has 4 rings (SSSR count). The van der Waals surface area contributed by atoms with E-state index in [1.807, 2.05) is 34.9 Å². The van der Waals surface area contributed by atoms with Gasteiger partial charge in [-0.3, -0.25) is 9.36 Å². The van der Waals surface area contributed by atoms with Gasteiger partial charge in [-0.1, -0.05) is 52.6 Å². The van der Waals surface area contributed by atoms with Gasteiger partial charge in [-0.05, 0) is 79.6 Å². The molecule has 0 saturated heterocycles. The second-order valence-corrected chi connectivity index (χ2v) is 9.66. The van der Waals surface area contributed by atoms with Crippen molar-refractivity contribution in [1.82, 2.24) is 14.8 Å². The molecule has 0 aliphatic carbocycles. The highest BCUT2D eigenvalue weighted by Crippen LogP contribution is 2.30. The Morgan fingerprint density at radius 3 is 2.24 bits per heavy atom. The first kappa shape index (κ1) is 23.6. The zero-order valence-corrected chi connectivity index (χ0v) is 20.9. The molecule has 0 saturated carbocycles. The first-order valence-corrected chi connectivity index (χ1v) is 12.1. The van der Waals surface area contributed by atoms with Gasteiger partial charge in [-0.15, -0.1) is 10.2 Å². The summed E-state index contributed by atoms with van der Waals surface area (Å²) >= 11 is 19.4. The number of carbonyl (C=O) groups excluding carboxylic acids is 1. The quantitative estimate of drug-likeness (QED) is 0.274. The van der Waals surface area contributed by atoms with Crippen LogP contribution in [0.1, 0.15) is 11.1 Å². The average Bonchev–Trinajstić information content (AvgIpc) is 3.18. The van der Waals surface area contributed by atoms with Gasteiger partial charge >= 0.3 is 0 Å². The number of benzene rings is 3. The summed E-state index contributed by atoms with van der Waals surface area (Å²) in [6, 6.07) is 18.5. The lowest BCUT2D eigenvalue weighted by Crippen LogP contribution is -2.14. The lowest BCUT2D eigenvalue weighted by molar-refractivity contribution is -0.113. The van der Waals surface area contributed by atoms with Crippen molar-refractivity contribution in [1.29, 1.82) is 0 Å². The van der Waals surface area contributed by atoms with E-state index in [2.05, 4.69) is 41.5 Å². The van der Waals surface area contributed by atoms with E-state index in [0.29, 0.717) is 31.7 Å². The standard InChI is InChI=1S/C24H19Cl3N4OS/c1-14-3-8-21(9-15(14)2)31-23(16-4-6-17(25)7-5-16)29-30-24(31)33-13-22(32)28-20-11-18(26)10-19(27)12-20/h3-12H,13H2,1-2H3,(H,28,32). The highest BCUT2D eigenvalue weighted by Gasteiger charge is 2.18. The first-order chi connectivity index (χ1) is 15.8. The second kappa shape index (κ2) is 10.2. The van der Waals surface area contributed by atoms with E-state index in [9.17, 15) is 4.79 Å². The Morgan fingerprint density at radius 2 is 1.58 bits per heavy atom. The smallest absolute Gasteiger partial charge is 0.234 e. The van der Waals surface area contributed by atoms with Crippen LogP contribution < -0.4 is 5.32 Å². The van der Waals surface area contributed by atoms with Crippen LogP contribution in [-0.2, 0) is 4.79 Å². The van der Waals surface area contributed by atoms with Gasteiger partial charge in [0.25, 0.3) is 0 Å². The van der Waals surface area contributed by atoms with E-state index in [0.717, 1.165) is 16.8 Å². The van der Waals surface area contributed by atoms with Crippen LogP contribution in [0.4, 0.5) is 5.69 Å². The van der Waals surface area contributed by atoms with Crippen LogP contribution in [0.5, 0.6) is 0 Å². The summed E-state index contributed by atoms with van der Waals surface area (Å²) in [5, 5.41) is 13.7. The minimum atomic E-state index is -0.207. The average molecular weight is 518 g/mol. The zero-order chi connectivity index (χ0) is 23.5. The van der Waals surface area contributed by atoms with Gasteiger partial charge in [0.1, 0.15) is 0 Å². The number of thioether (sulfide) groups is 1. The van der Waals surface area contributed by atoms with Gasteiger partial charge in [-0.2, -0.15) is 0 Å². The fraction of sp³-hybridized carbons (Fsp3) is 0.125. The van der Waals surface area contributed by atoms with Gasteiger partial charge in [0, 0.05) is 26.3 Å². The molecule has 9 heteroatoms. The molecule has 0 atom stereocenters. The summed E-state index contributed by atoms with van der Waals surface area (Å²) in [7, 11) is 0. The predicted molar refractivity (Wildman–Crippen MR) is 137 cm³/mol. The Kier molecular flexibility index (Phi) is 7.29. The van der Waals surface area contributed by atoms with Gasteiger partial charge < -0.3 is 5.32 Å². The summed E-state index contributed by atoms with van der Waals surface area (Å²) in [6.45, 7) is 4.12. The van der Waals surface area contributed by atoms with Gasteiger partial charge in [0.05, 0.1) is 11.4 Å². The Bertz CT molecular complexity index is 1300. The molecule has 0 spiro atoms. The molecule has 168 valence electrons. The number of amides is 1. The number of halogens is 3. The molecule has 4 aromatic rings. The second-order valence-electron chi connectivity index (χ2n) is 7.41. The molecule has 0 unspecified atom stereocenters. The molecule has 1 amide bonds. The van der Waals surface area contributed by atoms with E-state index in [-0.39, 0.29) is 11.7 Å². The predicted octanol–water partition coefficient (Wildman–Crippen LogP) is 7.24. The monoisotopic (exact) mass is 516 g/mol. The van der Waals surface area contributed by atoms with E-state index >= 15 is 0 Å². The summed E-state index contributed by atoms with van der Waals surface area (Å²) in [6.07, 6.45) is 0. The minimum absolute atomic E-state index is 0.133. The van der Waals surface area contributed by atoms with Crippen molar-refractivity contribution >= 4 is 58.2 Å². The largest absolute Gasteiger partial charge is 0.325 e. The third-order valence-electron chi connectivity index (χ3n) is 4.96. The first-order valence-electron chi connectivity index (χ1n) is 9.98. The van der Waals surface area contributed by atoms with E-state index in [1.165, 1.54) is 17.3 Å². The number of aromatic nitrogens is 3. The van der Waals surface area contributed by atoms with Gasteiger partial charge in [0.2, 0.25) is 5.91 Å². The minimum Gasteiger partial charge on any atom is -0.325 e. The SMILES string of the molecule is Cc1ccc(-n2c(SCC(=O)Nc3cc(Cl)cc(Cl)c3)nnc2-c2ccc(Cl)cc2)cc1C. The van der Waals surface area contributed by atoms with Gasteiger partial charge in [-0.25, -0.2) is 0 Å². The molecule has 33 heavy (non-hydrogen) atoms. The number of anilines is 1. The topological polar surface area (TPSA) is 59.8 Å². The molecule has 0 bridgehead atoms. The van der Waals surface area contributed by atoms with Crippen LogP contribution >= 0.6 is 46.6 Å². The number of aryl methyl sites for hydroxylation is 2. The van der Waals surface area contributed by atoms with Crippen LogP contribution in [0.3, 0.4) is 0 Å². The molecule has 5 nitrogen and oxygen atoms in total. The van der Waals surface area contributed by atoms with Crippen molar-refractivity contribution in [3.05, 3.63) is 86.9 Å². The molecule has 0 aliphatic rings. The molecule has 3 aromatic carbocycles. The third-order valence-corrected chi connectivity index (χ3v) is 6.58. The summed E-state index contributed by atoms with van der Waals surface area (Å²) in [5.74, 6) is 0.591. The molecule has 0 radical (unpaired) electrons. The number of nitrogens with zero attached hydrogens (tertiary/aromatic N) is 3. The fourth-order valence-electron chi connectivity index (χ4n) is 3.20. The maximum atomic E-state index is 12.6. The number of hydrogen-bond donors (Lipinski definition) is 1. The molecule has 1 heterocycles. The summed E-state index contributed by atoms with van der Waals surface area (Å²) < 4.78 is 1.95. The van der Waals surface area contributed by atoms with Crippen molar-refractivity contribution in [3.63, 3.8) is 0 Å². The summed E-state index contributed by atoms with van der Waals surface area (Å²) in [4.78, 5) is 12.6. The van der Waals surface area contributed by atoms with Crippen molar-refractivity contribution in [3.8, 4) is 17.1 Å². The van der Waals surface area contributed by atoms with Crippen LogP contribution in [0.15, 0.2) is 65.8 Å². The normalized spacial score (nSPS) is 10.9. The van der Waals surface area contributed by atoms with E-state index < -0.39 is 0 Å². The molecule has 1 aromatic heterocycles. The molecule has 0 aliphatic heterocycles. The number of nitrogens with one attached hydrogen (secondary N) is 1. The molecule has 1 N–H and O–H groups in total. The third kappa shape index (κ3) is 5.71. The maximum Gasteiger partial charge on any atom is 0.234 e. The van der Waals surface area contributed by atoms with E-state index in [4.69, 9.17) is 34.8 Å². The zero-order valence-electron chi connectivity index (χ0n) is 17.8. The Morgan fingerprint density at radius 1 is 0.879 bits per heavy atom. The van der Waals surface area contributed by atoms with Crippen molar-refractivity contribution < 1.29 is 4.79 Å². The lowest BCUT2D eigenvalue weighted by atomic mass is 10.1. The van der Waals surface area contributed by atoms with Crippen molar-refractivity contribution in [2.24, 2.45) is 0 Å². The Labute approximate surface area is 211 Å². The van der Waals surface area contributed by atoms with Crippen LogP contribution in [0, 0.1) is 13.8 Å². The van der Waals surface area contributed by atoms with Crippen molar-refractivity contribution in [2.45, 2.75) is 19.0 Å². The lowest BCUT2D eigenvalue weighted by Gasteiger charge is -2.12. The Balaban J connectivity index is 1.62. The van der Waals surface area contributed by atoms with Crippen LogP contribution in [-0.4, -0.2) is 26.4 Å². The highest BCUT2D eigenvalue weighted by molar-refractivity contribution is 7.99. The van der Waals surface area contributed by atoms with Crippen LogP contribution in [0.2, 0.25) is 15.1 Å². The van der Waals surface area contributed by atoms with E-state index in [1.54, 1.807) is 18.2 Å². The Hall–Kier alpha value is -2.51. The van der Waals surface area contributed by atoms with Crippen molar-refractivity contribution in [2.75, 3.05) is 11.1 Å². The molecular weight excluding hydrogens is 499 g/mol. The highest BCUT2D eigenvalue weighted by atomic mass is 35.5. The number of carbonyl (C=O) groups is 1. The molecular formula is C24H19Cl3N4OS. The molecule has 0 fully saturated rings. The summed E-state index contributed by atoms with van der Waals surface area (Å²) in [5.41, 5.74) is 4.66. The maximum absolute atomic E-state index is 12.6.